The minimum Gasteiger partial charge on any atom is -0.491 e. The third-order valence-corrected chi connectivity index (χ3v) is 10.6. The molecule has 0 radical (unpaired) electrons. The second-order valence-corrected chi connectivity index (χ2v) is 13.0. The second-order valence-electron chi connectivity index (χ2n) is 13.0. The van der Waals surface area contributed by atoms with Gasteiger partial charge in [0, 0.05) is 30.4 Å². The van der Waals surface area contributed by atoms with Gasteiger partial charge in [0.2, 0.25) is 5.91 Å². The molecule has 3 aliphatic heterocycles. The van der Waals surface area contributed by atoms with E-state index in [1.165, 1.54) is 6.42 Å². The van der Waals surface area contributed by atoms with E-state index in [1.54, 1.807) is 6.33 Å². The van der Waals surface area contributed by atoms with E-state index in [0.29, 0.717) is 42.4 Å². The number of benzene rings is 1. The molecule has 5 fully saturated rings. The number of rotatable bonds is 8. The average Bonchev–Trinajstić information content (AvgIpc) is 3.76. The largest absolute Gasteiger partial charge is 0.491 e. The van der Waals surface area contributed by atoms with E-state index in [2.05, 4.69) is 37.8 Å². The molecular formula is C31H38N6O3. The van der Waals surface area contributed by atoms with Crippen LogP contribution in [0.25, 0.3) is 22.2 Å². The van der Waals surface area contributed by atoms with Crippen molar-refractivity contribution >= 4 is 22.8 Å². The van der Waals surface area contributed by atoms with Crippen molar-refractivity contribution in [3.63, 3.8) is 0 Å². The predicted octanol–water partition coefficient (Wildman–Crippen LogP) is 4.06. The summed E-state index contributed by atoms with van der Waals surface area (Å²) < 4.78 is 14.8. The van der Waals surface area contributed by atoms with Crippen molar-refractivity contribution in [3.8, 4) is 16.9 Å². The van der Waals surface area contributed by atoms with Gasteiger partial charge in [-0.1, -0.05) is 12.1 Å². The molecule has 0 spiro atoms. The molecule has 2 aliphatic carbocycles. The van der Waals surface area contributed by atoms with Crippen molar-refractivity contribution < 1.29 is 14.3 Å². The number of fused-ring (bicyclic) bond motifs is 5. The zero-order valence-corrected chi connectivity index (χ0v) is 22.9. The first-order valence-corrected chi connectivity index (χ1v) is 15.0. The summed E-state index contributed by atoms with van der Waals surface area (Å²) in [6.45, 7) is 1.55. The number of carbonyl (C=O) groups excluding carboxylic acids is 1. The summed E-state index contributed by atoms with van der Waals surface area (Å²) in [7, 11) is 0. The quantitative estimate of drug-likeness (QED) is 0.440. The monoisotopic (exact) mass is 542 g/mol. The highest BCUT2D eigenvalue weighted by atomic mass is 16.6. The van der Waals surface area contributed by atoms with Gasteiger partial charge in [-0.15, -0.1) is 0 Å². The molecule has 1 aromatic carbocycles. The van der Waals surface area contributed by atoms with Gasteiger partial charge < -0.3 is 25.5 Å². The molecule has 9 heteroatoms. The molecule has 3 atom stereocenters. The van der Waals surface area contributed by atoms with Gasteiger partial charge in [-0.05, 0) is 87.3 Å². The van der Waals surface area contributed by atoms with Crippen molar-refractivity contribution in [3.05, 3.63) is 36.8 Å². The third kappa shape index (κ3) is 3.92. The normalized spacial score (nSPS) is 34.5. The predicted molar refractivity (Wildman–Crippen MR) is 152 cm³/mol. The van der Waals surface area contributed by atoms with Crippen molar-refractivity contribution in [2.45, 2.75) is 87.6 Å². The smallest absolute Gasteiger partial charge is 0.235 e. The molecule has 8 rings (SSSR count). The Balaban J connectivity index is 1.02. The first-order chi connectivity index (χ1) is 19.5. The number of amides is 1. The van der Waals surface area contributed by atoms with Crippen LogP contribution in [0.2, 0.25) is 0 Å². The van der Waals surface area contributed by atoms with Crippen molar-refractivity contribution in [2.24, 2.45) is 17.6 Å². The van der Waals surface area contributed by atoms with Crippen LogP contribution in [0.5, 0.6) is 5.75 Å². The fraction of sp³-hybridized carbons (Fsp3) is 0.581. The SMILES string of the molecule is NC(=O)[C@@H]1[C@H]2CC[C@H](C2)N1C[C@H]1C[C@H](n2cc(-c3cccc(OCC45CCC(CC4)O5)c3)c3c(N)ncnc32)C1. The number of primary amides is 1. The minimum absolute atomic E-state index is 0.0752. The molecule has 1 amide bonds. The number of hydrogen-bond acceptors (Lipinski definition) is 7. The summed E-state index contributed by atoms with van der Waals surface area (Å²) in [5, 5.41) is 0.894. The molecule has 3 saturated heterocycles. The maximum absolute atomic E-state index is 12.2. The van der Waals surface area contributed by atoms with Crippen molar-refractivity contribution in [2.75, 3.05) is 18.9 Å². The molecule has 4 bridgehead atoms. The Bertz CT molecular complexity index is 1460. The molecule has 5 aliphatic rings. The van der Waals surface area contributed by atoms with Gasteiger partial charge in [0.1, 0.15) is 35.7 Å². The van der Waals surface area contributed by atoms with Gasteiger partial charge in [0.25, 0.3) is 0 Å². The second kappa shape index (κ2) is 9.17. The fourth-order valence-electron chi connectivity index (χ4n) is 8.57. The Morgan fingerprint density at radius 3 is 2.73 bits per heavy atom. The maximum Gasteiger partial charge on any atom is 0.235 e. The highest BCUT2D eigenvalue weighted by molar-refractivity contribution is 6.00. The zero-order valence-electron chi connectivity index (χ0n) is 22.9. The van der Waals surface area contributed by atoms with Gasteiger partial charge in [0.05, 0.1) is 17.5 Å². The van der Waals surface area contributed by atoms with E-state index in [1.807, 2.05) is 12.1 Å². The fourth-order valence-corrected chi connectivity index (χ4v) is 8.57. The third-order valence-electron chi connectivity index (χ3n) is 10.6. The number of anilines is 1. The van der Waals surface area contributed by atoms with E-state index in [0.717, 1.165) is 85.8 Å². The number of piperidine rings is 1. The first kappa shape index (κ1) is 24.6. The number of likely N-dealkylation sites (tertiary alicyclic amines) is 1. The summed E-state index contributed by atoms with van der Waals surface area (Å²) in [6, 6.07) is 9.05. The summed E-state index contributed by atoms with van der Waals surface area (Å²) >= 11 is 0. The topological polar surface area (TPSA) is 122 Å². The minimum atomic E-state index is -0.148. The van der Waals surface area contributed by atoms with Crippen LogP contribution in [0.15, 0.2) is 36.8 Å². The van der Waals surface area contributed by atoms with E-state index >= 15 is 0 Å². The number of nitrogen functional groups attached to an aromatic ring is 1. The molecule has 3 aromatic rings. The number of hydrogen-bond donors (Lipinski definition) is 2. The lowest BCUT2D eigenvalue weighted by Crippen LogP contribution is -2.51. The zero-order chi connectivity index (χ0) is 27.0. The summed E-state index contributed by atoms with van der Waals surface area (Å²) in [6.07, 6.45) is 14.2. The van der Waals surface area contributed by atoms with Gasteiger partial charge in [0.15, 0.2) is 0 Å². The van der Waals surface area contributed by atoms with Gasteiger partial charge in [-0.2, -0.15) is 0 Å². The lowest BCUT2D eigenvalue weighted by molar-refractivity contribution is -0.125. The van der Waals surface area contributed by atoms with Gasteiger partial charge in [-0.3, -0.25) is 9.69 Å². The lowest BCUT2D eigenvalue weighted by atomic mass is 9.79. The van der Waals surface area contributed by atoms with Crippen LogP contribution in [-0.2, 0) is 9.53 Å². The standard InChI is InChI=1S/C31H38N6O3/c32-28-26-25(19-2-1-3-24(13-19)39-16-31-8-6-23(40-31)7-9-31)15-37(30(26)35-17-34-28)22-10-18(11-22)14-36-21-5-4-20(12-21)27(36)29(33)38/h1-3,13,15,17-18,20-23,27H,4-12,14,16H2,(H2,33,38)(H2,32,34,35)/t18-,20-,21+,22-,23?,27-,31?/m0/s1. The number of carbonyl (C=O) groups is 1. The molecule has 210 valence electrons. The summed E-state index contributed by atoms with van der Waals surface area (Å²) in [4.78, 5) is 23.6. The van der Waals surface area contributed by atoms with Crippen LogP contribution in [0, 0.1) is 11.8 Å². The Labute approximate surface area is 234 Å². The van der Waals surface area contributed by atoms with Crippen LogP contribution < -0.4 is 16.2 Å². The number of nitrogens with two attached hydrogens (primary N) is 2. The molecule has 5 heterocycles. The maximum atomic E-state index is 12.2. The van der Waals surface area contributed by atoms with Crippen molar-refractivity contribution in [1.29, 1.82) is 0 Å². The van der Waals surface area contributed by atoms with E-state index in [9.17, 15) is 4.79 Å². The molecule has 4 N–H and O–H groups in total. The highest BCUT2D eigenvalue weighted by Gasteiger charge is 2.50. The molecular weight excluding hydrogens is 504 g/mol. The Hall–Kier alpha value is -3.17. The van der Waals surface area contributed by atoms with E-state index < -0.39 is 0 Å². The van der Waals surface area contributed by atoms with Crippen LogP contribution in [-0.4, -0.2) is 62.3 Å². The van der Waals surface area contributed by atoms with Crippen molar-refractivity contribution in [1.82, 2.24) is 19.4 Å². The summed E-state index contributed by atoms with van der Waals surface area (Å²) in [5.41, 5.74) is 15.1. The van der Waals surface area contributed by atoms with Crippen LogP contribution in [0.1, 0.15) is 63.8 Å². The van der Waals surface area contributed by atoms with Gasteiger partial charge >= 0.3 is 0 Å². The summed E-state index contributed by atoms with van der Waals surface area (Å²) in [5.74, 6) is 2.19. The number of ether oxygens (including phenoxy) is 2. The highest BCUT2D eigenvalue weighted by Crippen LogP contribution is 2.48. The molecule has 40 heavy (non-hydrogen) atoms. The van der Waals surface area contributed by atoms with E-state index in [4.69, 9.17) is 20.9 Å². The van der Waals surface area contributed by atoms with Crippen LogP contribution in [0.4, 0.5) is 5.82 Å². The van der Waals surface area contributed by atoms with Crippen LogP contribution >= 0.6 is 0 Å². The molecule has 2 saturated carbocycles. The van der Waals surface area contributed by atoms with Gasteiger partial charge in [-0.25, -0.2) is 9.97 Å². The molecule has 2 aromatic heterocycles. The Kier molecular flexibility index (Phi) is 5.65. The Morgan fingerprint density at radius 1 is 1.10 bits per heavy atom. The number of nitrogens with zero attached hydrogens (tertiary/aromatic N) is 4. The van der Waals surface area contributed by atoms with E-state index in [-0.39, 0.29) is 17.6 Å². The first-order valence-electron chi connectivity index (χ1n) is 15.0. The number of aromatic nitrogens is 3. The van der Waals surface area contributed by atoms with Crippen LogP contribution in [0.3, 0.4) is 0 Å². The average molecular weight is 543 g/mol. The lowest BCUT2D eigenvalue weighted by Gasteiger charge is -2.42. The Morgan fingerprint density at radius 2 is 1.95 bits per heavy atom. The molecule has 9 nitrogen and oxygen atoms in total. The molecule has 0 unspecified atom stereocenters.